The van der Waals surface area contributed by atoms with E-state index in [1.807, 2.05) is 0 Å². The number of aliphatic hydroxyl groups is 1. The summed E-state index contributed by atoms with van der Waals surface area (Å²) in [5.41, 5.74) is 1.08. The van der Waals surface area contributed by atoms with Gasteiger partial charge in [-0.15, -0.1) is 0 Å². The molecule has 0 aromatic heterocycles. The fraction of sp³-hybridized carbons (Fsp3) is 0.571. The van der Waals surface area contributed by atoms with Crippen LogP contribution in [0.3, 0.4) is 0 Å². The van der Waals surface area contributed by atoms with Crippen LogP contribution in [0, 0.1) is 10.1 Å². The fourth-order valence-electron chi connectivity index (χ4n) is 2.32. The lowest BCUT2D eigenvalue weighted by atomic mass is 10.1. The first-order chi connectivity index (χ1) is 9.53. The molecule has 0 bridgehead atoms. The van der Waals surface area contributed by atoms with Crippen LogP contribution >= 0.6 is 15.9 Å². The minimum atomic E-state index is -0.402. The molecule has 0 aliphatic carbocycles. The van der Waals surface area contributed by atoms with Crippen molar-refractivity contribution >= 4 is 21.6 Å². The third-order valence-electron chi connectivity index (χ3n) is 3.47. The smallest absolute Gasteiger partial charge is 0.270 e. The third-order valence-corrected chi connectivity index (χ3v) is 4.21. The molecule has 112 valence electrons. The molecule has 1 aromatic carbocycles. The van der Waals surface area contributed by atoms with Gasteiger partial charge in [-0.1, -0.05) is 29.8 Å². The SMILES string of the molecule is CCC(CC)N(CCO)Cc1ccc([N+](=O)[O-])cc1Br. The Hall–Kier alpha value is -0.980. The highest BCUT2D eigenvalue weighted by atomic mass is 79.9. The molecule has 0 heterocycles. The Morgan fingerprint density at radius 1 is 1.40 bits per heavy atom. The molecule has 0 amide bonds. The first-order valence-electron chi connectivity index (χ1n) is 6.81. The summed E-state index contributed by atoms with van der Waals surface area (Å²) in [7, 11) is 0. The van der Waals surface area contributed by atoms with Crippen LogP contribution in [-0.2, 0) is 6.54 Å². The van der Waals surface area contributed by atoms with Gasteiger partial charge in [-0.25, -0.2) is 0 Å². The molecule has 0 fully saturated rings. The maximum atomic E-state index is 10.7. The molecule has 20 heavy (non-hydrogen) atoms. The summed E-state index contributed by atoms with van der Waals surface area (Å²) >= 11 is 3.39. The zero-order valence-electron chi connectivity index (χ0n) is 11.9. The number of rotatable bonds is 8. The topological polar surface area (TPSA) is 66.6 Å². The van der Waals surface area contributed by atoms with E-state index in [4.69, 9.17) is 0 Å². The number of non-ortho nitro benzene ring substituents is 1. The van der Waals surface area contributed by atoms with E-state index in [9.17, 15) is 15.2 Å². The van der Waals surface area contributed by atoms with Gasteiger partial charge in [0, 0.05) is 35.7 Å². The van der Waals surface area contributed by atoms with Gasteiger partial charge in [0.2, 0.25) is 0 Å². The average Bonchev–Trinajstić information content (AvgIpc) is 2.42. The van der Waals surface area contributed by atoms with E-state index in [0.717, 1.165) is 22.9 Å². The van der Waals surface area contributed by atoms with Crippen LogP contribution in [0.2, 0.25) is 0 Å². The second-order valence-electron chi connectivity index (χ2n) is 4.70. The second kappa shape index (κ2) is 8.34. The minimum absolute atomic E-state index is 0.0804. The number of benzene rings is 1. The van der Waals surface area contributed by atoms with Crippen molar-refractivity contribution in [3.8, 4) is 0 Å². The number of hydrogen-bond acceptors (Lipinski definition) is 4. The summed E-state index contributed by atoms with van der Waals surface area (Å²) < 4.78 is 0.737. The van der Waals surface area contributed by atoms with Gasteiger partial charge in [0.05, 0.1) is 11.5 Å². The number of aliphatic hydroxyl groups excluding tert-OH is 1. The summed E-state index contributed by atoms with van der Waals surface area (Å²) in [5.74, 6) is 0. The highest BCUT2D eigenvalue weighted by molar-refractivity contribution is 9.10. The second-order valence-corrected chi connectivity index (χ2v) is 5.55. The molecule has 1 aromatic rings. The normalized spacial score (nSPS) is 11.3. The summed E-state index contributed by atoms with van der Waals surface area (Å²) in [6.07, 6.45) is 2.03. The van der Waals surface area contributed by atoms with Gasteiger partial charge in [0.15, 0.2) is 0 Å². The quantitative estimate of drug-likeness (QED) is 0.580. The van der Waals surface area contributed by atoms with Gasteiger partial charge in [0.1, 0.15) is 0 Å². The van der Waals surface area contributed by atoms with Gasteiger partial charge < -0.3 is 5.11 Å². The number of hydrogen-bond donors (Lipinski definition) is 1. The van der Waals surface area contributed by atoms with Crippen molar-refractivity contribution in [2.45, 2.75) is 39.3 Å². The Morgan fingerprint density at radius 2 is 2.05 bits per heavy atom. The largest absolute Gasteiger partial charge is 0.395 e. The number of nitrogens with zero attached hydrogens (tertiary/aromatic N) is 2. The Bertz CT molecular complexity index is 450. The molecule has 0 unspecified atom stereocenters. The zero-order chi connectivity index (χ0) is 15.1. The molecule has 5 nitrogen and oxygen atoms in total. The first kappa shape index (κ1) is 17.1. The number of nitro benzene ring substituents is 1. The predicted octanol–water partition coefficient (Wildman–Crippen LogP) is 3.34. The first-order valence-corrected chi connectivity index (χ1v) is 7.60. The Balaban J connectivity index is 2.90. The summed E-state index contributed by atoms with van der Waals surface area (Å²) in [5, 5.41) is 19.9. The molecule has 1 rings (SSSR count). The van der Waals surface area contributed by atoms with Crippen molar-refractivity contribution in [1.82, 2.24) is 4.90 Å². The Labute approximate surface area is 127 Å². The molecule has 0 aliphatic rings. The van der Waals surface area contributed by atoms with Crippen LogP contribution in [0.1, 0.15) is 32.3 Å². The lowest BCUT2D eigenvalue weighted by Gasteiger charge is -2.30. The van der Waals surface area contributed by atoms with Crippen LogP contribution in [0.5, 0.6) is 0 Å². The van der Waals surface area contributed by atoms with Crippen molar-refractivity contribution in [2.75, 3.05) is 13.2 Å². The van der Waals surface area contributed by atoms with Crippen molar-refractivity contribution < 1.29 is 10.0 Å². The van der Waals surface area contributed by atoms with Crippen LogP contribution in [0.25, 0.3) is 0 Å². The molecular formula is C14H21BrN2O3. The van der Waals surface area contributed by atoms with E-state index >= 15 is 0 Å². The van der Waals surface area contributed by atoms with Gasteiger partial charge in [-0.05, 0) is 24.5 Å². The van der Waals surface area contributed by atoms with Gasteiger partial charge in [0.25, 0.3) is 5.69 Å². The number of halogens is 1. The van der Waals surface area contributed by atoms with Crippen LogP contribution in [0.4, 0.5) is 5.69 Å². The molecule has 0 radical (unpaired) electrons. The summed E-state index contributed by atoms with van der Waals surface area (Å²) in [4.78, 5) is 12.5. The minimum Gasteiger partial charge on any atom is -0.395 e. The summed E-state index contributed by atoms with van der Waals surface area (Å²) in [6.45, 7) is 5.65. The van der Waals surface area contributed by atoms with Crippen LogP contribution < -0.4 is 0 Å². The summed E-state index contributed by atoms with van der Waals surface area (Å²) in [6, 6.07) is 5.22. The third kappa shape index (κ3) is 4.54. The zero-order valence-corrected chi connectivity index (χ0v) is 13.5. The highest BCUT2D eigenvalue weighted by Gasteiger charge is 2.17. The number of nitro groups is 1. The van der Waals surface area contributed by atoms with E-state index in [1.165, 1.54) is 12.1 Å². The van der Waals surface area contributed by atoms with E-state index in [1.54, 1.807) is 6.07 Å². The molecule has 0 saturated heterocycles. The lowest BCUT2D eigenvalue weighted by molar-refractivity contribution is -0.384. The van der Waals surface area contributed by atoms with E-state index in [2.05, 4.69) is 34.7 Å². The van der Waals surface area contributed by atoms with Gasteiger partial charge >= 0.3 is 0 Å². The van der Waals surface area contributed by atoms with E-state index in [-0.39, 0.29) is 12.3 Å². The fourth-order valence-corrected chi connectivity index (χ4v) is 2.81. The highest BCUT2D eigenvalue weighted by Crippen LogP contribution is 2.25. The van der Waals surface area contributed by atoms with Crippen molar-refractivity contribution in [3.05, 3.63) is 38.3 Å². The van der Waals surface area contributed by atoms with Crippen LogP contribution in [0.15, 0.2) is 22.7 Å². The van der Waals surface area contributed by atoms with Gasteiger partial charge in [-0.3, -0.25) is 15.0 Å². The molecular weight excluding hydrogens is 324 g/mol. The molecule has 0 spiro atoms. The van der Waals surface area contributed by atoms with E-state index in [0.29, 0.717) is 19.1 Å². The maximum absolute atomic E-state index is 10.7. The Morgan fingerprint density at radius 3 is 2.50 bits per heavy atom. The predicted molar refractivity (Wildman–Crippen MR) is 82.7 cm³/mol. The molecule has 0 atom stereocenters. The van der Waals surface area contributed by atoms with Crippen molar-refractivity contribution in [1.29, 1.82) is 0 Å². The van der Waals surface area contributed by atoms with E-state index < -0.39 is 4.92 Å². The standard InChI is InChI=1S/C14H21BrN2O3/c1-3-12(4-2)16(7-8-18)10-11-5-6-13(17(19)20)9-14(11)15/h5-6,9,12,18H,3-4,7-8,10H2,1-2H3. The Kier molecular flexibility index (Phi) is 7.12. The molecule has 1 N–H and O–H groups in total. The van der Waals surface area contributed by atoms with Gasteiger partial charge in [-0.2, -0.15) is 0 Å². The van der Waals surface area contributed by atoms with Crippen molar-refractivity contribution in [2.24, 2.45) is 0 Å². The lowest BCUT2D eigenvalue weighted by Crippen LogP contribution is -2.36. The molecule has 6 heteroatoms. The monoisotopic (exact) mass is 344 g/mol. The van der Waals surface area contributed by atoms with Crippen molar-refractivity contribution in [3.63, 3.8) is 0 Å². The average molecular weight is 345 g/mol. The molecule has 0 aliphatic heterocycles. The maximum Gasteiger partial charge on any atom is 0.270 e. The van der Waals surface area contributed by atoms with Crippen LogP contribution in [-0.4, -0.2) is 34.1 Å². The molecule has 0 saturated carbocycles.